The van der Waals surface area contributed by atoms with Gasteiger partial charge in [0.15, 0.2) is 0 Å². The molecule has 3 heterocycles. The number of rotatable bonds is 4. The predicted octanol–water partition coefficient (Wildman–Crippen LogP) is 2.66. The number of benzene rings is 1. The number of halogens is 1. The lowest BCUT2D eigenvalue weighted by molar-refractivity contribution is -0.137. The van der Waals surface area contributed by atoms with Crippen molar-refractivity contribution in [2.45, 2.75) is 63.1 Å². The van der Waals surface area contributed by atoms with Crippen LogP contribution in [-0.2, 0) is 11.2 Å². The molecule has 6 heteroatoms. The smallest absolute Gasteiger partial charge is 0.240 e. The molecule has 2 aliphatic heterocycles. The van der Waals surface area contributed by atoms with Gasteiger partial charge in [0, 0.05) is 30.4 Å². The Morgan fingerprint density at radius 3 is 2.73 bits per heavy atom. The van der Waals surface area contributed by atoms with E-state index in [-0.39, 0.29) is 23.8 Å². The Balaban J connectivity index is 1.46. The number of nitrogens with one attached hydrogen (secondary N) is 1. The second kappa shape index (κ2) is 6.83. The molecule has 0 radical (unpaired) electrons. The number of amides is 1. The minimum Gasteiger partial charge on any atom is -0.348 e. The second-order valence-corrected chi connectivity index (χ2v) is 7.69. The number of hydrogen-bond acceptors (Lipinski definition) is 3. The summed E-state index contributed by atoms with van der Waals surface area (Å²) in [7, 11) is 0. The molecule has 2 saturated heterocycles. The third-order valence-corrected chi connectivity index (χ3v) is 5.95. The van der Waals surface area contributed by atoms with Crippen molar-refractivity contribution in [1.82, 2.24) is 14.9 Å². The van der Waals surface area contributed by atoms with E-state index in [1.165, 1.54) is 5.56 Å². The number of aromatic amines is 1. The summed E-state index contributed by atoms with van der Waals surface area (Å²) < 4.78 is 13.6. The van der Waals surface area contributed by atoms with Crippen LogP contribution in [0.5, 0.6) is 0 Å². The summed E-state index contributed by atoms with van der Waals surface area (Å²) in [6, 6.07) is 5.36. The average molecular weight is 356 g/mol. The van der Waals surface area contributed by atoms with Gasteiger partial charge in [0.1, 0.15) is 5.82 Å². The van der Waals surface area contributed by atoms with Crippen molar-refractivity contribution in [2.75, 3.05) is 0 Å². The Morgan fingerprint density at radius 1 is 1.38 bits per heavy atom. The van der Waals surface area contributed by atoms with Crippen molar-refractivity contribution in [3.05, 3.63) is 53.4 Å². The fourth-order valence-corrected chi connectivity index (χ4v) is 4.64. The molecule has 2 aromatic rings. The normalized spacial score (nSPS) is 26.1. The van der Waals surface area contributed by atoms with Gasteiger partial charge in [0.25, 0.3) is 0 Å². The monoisotopic (exact) mass is 356 g/mol. The third kappa shape index (κ3) is 3.14. The quantitative estimate of drug-likeness (QED) is 0.884. The molecule has 2 fully saturated rings. The third-order valence-electron chi connectivity index (χ3n) is 5.95. The van der Waals surface area contributed by atoms with Crippen LogP contribution in [0.25, 0.3) is 0 Å². The van der Waals surface area contributed by atoms with Gasteiger partial charge >= 0.3 is 0 Å². The Kier molecular flexibility index (Phi) is 4.53. The predicted molar refractivity (Wildman–Crippen MR) is 97.0 cm³/mol. The zero-order valence-corrected chi connectivity index (χ0v) is 15.0. The molecular weight excluding hydrogens is 331 g/mol. The minimum atomic E-state index is -0.539. The first-order valence-electron chi connectivity index (χ1n) is 9.34. The summed E-state index contributed by atoms with van der Waals surface area (Å²) in [4.78, 5) is 22.0. The highest BCUT2D eigenvalue weighted by atomic mass is 19.1. The molecule has 1 aromatic carbocycles. The Labute approximate surface area is 152 Å². The van der Waals surface area contributed by atoms with Crippen LogP contribution in [-0.4, -0.2) is 38.9 Å². The molecule has 0 saturated carbocycles. The number of piperidine rings is 1. The van der Waals surface area contributed by atoms with E-state index < -0.39 is 6.04 Å². The molecule has 2 aliphatic rings. The van der Waals surface area contributed by atoms with Crippen molar-refractivity contribution >= 4 is 5.91 Å². The number of nitrogens with zero attached hydrogens (tertiary/aromatic N) is 2. The van der Waals surface area contributed by atoms with Gasteiger partial charge < -0.3 is 15.6 Å². The summed E-state index contributed by atoms with van der Waals surface area (Å²) in [5, 5.41) is 0. The van der Waals surface area contributed by atoms with Gasteiger partial charge in [-0.3, -0.25) is 4.79 Å². The van der Waals surface area contributed by atoms with Crippen molar-refractivity contribution in [1.29, 1.82) is 0 Å². The summed E-state index contributed by atoms with van der Waals surface area (Å²) >= 11 is 0. The van der Waals surface area contributed by atoms with Crippen LogP contribution in [0.15, 0.2) is 30.7 Å². The van der Waals surface area contributed by atoms with Crippen LogP contribution in [0.2, 0.25) is 0 Å². The molecule has 0 spiro atoms. The van der Waals surface area contributed by atoms with Gasteiger partial charge in [-0.15, -0.1) is 0 Å². The van der Waals surface area contributed by atoms with Crippen molar-refractivity contribution in [2.24, 2.45) is 5.73 Å². The molecule has 3 atom stereocenters. The second-order valence-electron chi connectivity index (χ2n) is 7.69. The number of carbonyl (C=O) groups is 1. The number of H-pyrrole nitrogens is 1. The number of aryl methyl sites for hydroxylation is 1. The molecule has 0 aliphatic carbocycles. The molecule has 138 valence electrons. The van der Waals surface area contributed by atoms with Crippen molar-refractivity contribution < 1.29 is 9.18 Å². The van der Waals surface area contributed by atoms with Crippen LogP contribution >= 0.6 is 0 Å². The molecule has 1 aromatic heterocycles. The van der Waals surface area contributed by atoms with Crippen LogP contribution in [0.4, 0.5) is 4.39 Å². The standard InChI is InChI=1S/C20H25FN4O/c1-12-6-13(2-5-18(12)21)14-7-16-3-4-17(8-14)25(16)20(26)19(22)9-15-10-23-11-24-15/h2,5-6,10-11,14,16-17,19H,3-4,7-9,22H2,1H3,(H,23,24). The number of imidazole rings is 1. The minimum absolute atomic E-state index is 0.0424. The van der Waals surface area contributed by atoms with E-state index in [0.717, 1.165) is 31.4 Å². The number of aromatic nitrogens is 2. The molecular formula is C20H25FN4O. The summed E-state index contributed by atoms with van der Waals surface area (Å²) in [5.74, 6) is 0.273. The number of hydrogen-bond donors (Lipinski definition) is 2. The molecule has 3 unspecified atom stereocenters. The van der Waals surface area contributed by atoms with E-state index in [0.29, 0.717) is 17.9 Å². The van der Waals surface area contributed by atoms with Crippen LogP contribution < -0.4 is 5.73 Å². The van der Waals surface area contributed by atoms with Crippen LogP contribution in [0, 0.1) is 12.7 Å². The van der Waals surface area contributed by atoms with Crippen LogP contribution in [0.3, 0.4) is 0 Å². The summed E-state index contributed by atoms with van der Waals surface area (Å²) in [6.07, 6.45) is 7.73. The van der Waals surface area contributed by atoms with Crippen molar-refractivity contribution in [3.63, 3.8) is 0 Å². The fourth-order valence-electron chi connectivity index (χ4n) is 4.64. The maximum atomic E-state index is 13.6. The highest BCUT2D eigenvalue weighted by molar-refractivity contribution is 5.83. The lowest BCUT2D eigenvalue weighted by Gasteiger charge is -2.40. The first-order valence-corrected chi connectivity index (χ1v) is 9.34. The number of nitrogens with two attached hydrogens (primary N) is 1. The lowest BCUT2D eigenvalue weighted by atomic mass is 9.84. The Morgan fingerprint density at radius 2 is 2.12 bits per heavy atom. The van der Waals surface area contributed by atoms with Crippen LogP contribution in [0.1, 0.15) is 48.4 Å². The first kappa shape index (κ1) is 17.2. The first-order chi connectivity index (χ1) is 12.5. The zero-order valence-electron chi connectivity index (χ0n) is 15.0. The van der Waals surface area contributed by atoms with Gasteiger partial charge in [-0.05, 0) is 55.7 Å². The Bertz CT molecular complexity index is 777. The SMILES string of the molecule is Cc1cc(C2CC3CCC(C2)N3C(=O)C(N)Cc2cnc[nH]2)ccc1F. The molecule has 5 nitrogen and oxygen atoms in total. The largest absolute Gasteiger partial charge is 0.348 e. The van der Waals surface area contributed by atoms with Gasteiger partial charge in [-0.2, -0.15) is 0 Å². The van der Waals surface area contributed by atoms with E-state index >= 15 is 0 Å². The molecule has 4 rings (SSSR count). The molecule has 2 bridgehead atoms. The van der Waals surface area contributed by atoms with Gasteiger partial charge in [0.2, 0.25) is 5.91 Å². The molecule has 1 amide bonds. The highest BCUT2D eigenvalue weighted by Gasteiger charge is 2.44. The van der Waals surface area contributed by atoms with E-state index in [9.17, 15) is 9.18 Å². The lowest BCUT2D eigenvalue weighted by Crippen LogP contribution is -2.53. The molecule has 26 heavy (non-hydrogen) atoms. The van der Waals surface area contributed by atoms with E-state index in [4.69, 9.17) is 5.73 Å². The summed E-state index contributed by atoms with van der Waals surface area (Å²) in [6.45, 7) is 1.81. The van der Waals surface area contributed by atoms with Gasteiger partial charge in [0.05, 0.1) is 12.4 Å². The van der Waals surface area contributed by atoms with E-state index in [1.807, 2.05) is 17.0 Å². The average Bonchev–Trinajstić information content (AvgIpc) is 3.22. The topological polar surface area (TPSA) is 75.0 Å². The maximum Gasteiger partial charge on any atom is 0.240 e. The van der Waals surface area contributed by atoms with Gasteiger partial charge in [-0.25, -0.2) is 9.37 Å². The van der Waals surface area contributed by atoms with Gasteiger partial charge in [-0.1, -0.05) is 12.1 Å². The summed E-state index contributed by atoms with van der Waals surface area (Å²) in [5.41, 5.74) is 8.96. The fraction of sp³-hybridized carbons (Fsp3) is 0.500. The Hall–Kier alpha value is -2.21. The number of fused-ring (bicyclic) bond motifs is 2. The van der Waals surface area contributed by atoms with Crippen molar-refractivity contribution in [3.8, 4) is 0 Å². The molecule has 3 N–H and O–H groups in total. The van der Waals surface area contributed by atoms with E-state index in [2.05, 4.69) is 9.97 Å². The maximum absolute atomic E-state index is 13.6. The van der Waals surface area contributed by atoms with E-state index in [1.54, 1.807) is 25.5 Å². The zero-order chi connectivity index (χ0) is 18.3. The number of carbonyl (C=O) groups excluding carboxylic acids is 1. The highest BCUT2D eigenvalue weighted by Crippen LogP contribution is 2.43.